The van der Waals surface area contributed by atoms with Gasteiger partial charge in [0.2, 0.25) is 10.9 Å². The third-order valence-corrected chi connectivity index (χ3v) is 5.26. The minimum Gasteiger partial charge on any atom is -0.493 e. The summed E-state index contributed by atoms with van der Waals surface area (Å²) in [6.07, 6.45) is 1.59. The summed E-state index contributed by atoms with van der Waals surface area (Å²) in [4.78, 5) is 17.3. The molecule has 10 nitrogen and oxygen atoms in total. The average molecular weight is 455 g/mol. The molecule has 0 fully saturated rings. The molecule has 11 heteroatoms. The van der Waals surface area contributed by atoms with E-state index in [1.807, 2.05) is 18.4 Å². The summed E-state index contributed by atoms with van der Waals surface area (Å²) in [7, 11) is 4.53. The Morgan fingerprint density at radius 2 is 1.84 bits per heavy atom. The van der Waals surface area contributed by atoms with Gasteiger partial charge < -0.3 is 23.9 Å². The summed E-state index contributed by atoms with van der Waals surface area (Å²) in [5.41, 5.74) is 1.88. The number of thiazole rings is 1. The number of furan rings is 1. The summed E-state index contributed by atoms with van der Waals surface area (Å²) >= 11 is 1.38. The molecule has 32 heavy (non-hydrogen) atoms. The third-order valence-electron chi connectivity index (χ3n) is 4.44. The van der Waals surface area contributed by atoms with Gasteiger partial charge in [-0.2, -0.15) is 9.78 Å². The first-order valence-corrected chi connectivity index (χ1v) is 10.3. The van der Waals surface area contributed by atoms with Crippen molar-refractivity contribution in [1.82, 2.24) is 14.8 Å². The van der Waals surface area contributed by atoms with Gasteiger partial charge in [0.15, 0.2) is 17.3 Å². The van der Waals surface area contributed by atoms with E-state index in [-0.39, 0.29) is 0 Å². The van der Waals surface area contributed by atoms with Crippen molar-refractivity contribution in [1.29, 1.82) is 0 Å². The van der Waals surface area contributed by atoms with Crippen LogP contribution in [-0.2, 0) is 0 Å². The lowest BCUT2D eigenvalue weighted by Gasteiger charge is -2.15. The summed E-state index contributed by atoms with van der Waals surface area (Å²) in [6.45, 7) is 1.83. The van der Waals surface area contributed by atoms with E-state index in [1.165, 1.54) is 32.7 Å². The van der Waals surface area contributed by atoms with Crippen molar-refractivity contribution in [2.24, 2.45) is 0 Å². The number of methoxy groups -OCH3 is 3. The van der Waals surface area contributed by atoms with Crippen molar-refractivity contribution in [3.8, 4) is 33.8 Å². The fraction of sp³-hybridized carbons (Fsp3) is 0.190. The number of aromatic nitrogens is 3. The Labute approximate surface area is 187 Å². The molecule has 0 saturated carbocycles. The topological polar surface area (TPSA) is 113 Å². The molecule has 0 spiro atoms. The Kier molecular flexibility index (Phi) is 5.99. The molecule has 2 amide bonds. The van der Waals surface area contributed by atoms with Crippen LogP contribution in [0.15, 0.2) is 46.4 Å². The molecule has 0 aliphatic carbocycles. The highest BCUT2D eigenvalue weighted by Gasteiger charge is 2.17. The van der Waals surface area contributed by atoms with Crippen LogP contribution < -0.4 is 24.8 Å². The molecule has 0 aliphatic heterocycles. The second-order valence-corrected chi connectivity index (χ2v) is 7.41. The number of aryl methyl sites for hydroxylation is 1. The number of nitrogens with zero attached hydrogens (tertiary/aromatic N) is 3. The largest absolute Gasteiger partial charge is 0.493 e. The smallest absolute Gasteiger partial charge is 0.324 e. The lowest BCUT2D eigenvalue weighted by atomic mass is 10.2. The second-order valence-electron chi connectivity index (χ2n) is 6.57. The van der Waals surface area contributed by atoms with E-state index in [0.29, 0.717) is 45.3 Å². The lowest BCUT2D eigenvalue weighted by Crippen LogP contribution is -2.21. The van der Waals surface area contributed by atoms with E-state index in [4.69, 9.17) is 18.6 Å². The summed E-state index contributed by atoms with van der Waals surface area (Å²) in [5, 5.41) is 12.5. The molecule has 0 unspecified atom stereocenters. The molecule has 0 saturated heterocycles. The molecule has 0 bridgehead atoms. The molecule has 0 radical (unpaired) electrons. The third kappa shape index (κ3) is 4.23. The van der Waals surface area contributed by atoms with E-state index in [9.17, 15) is 4.79 Å². The summed E-state index contributed by atoms with van der Waals surface area (Å²) in [6, 6.07) is 8.19. The van der Waals surface area contributed by atoms with Crippen molar-refractivity contribution >= 4 is 28.9 Å². The predicted octanol–water partition coefficient (Wildman–Crippen LogP) is 4.57. The number of nitrogens with one attached hydrogen (secondary N) is 2. The molecule has 0 aliphatic rings. The van der Waals surface area contributed by atoms with Crippen LogP contribution in [0, 0.1) is 6.92 Å². The quantitative estimate of drug-likeness (QED) is 0.420. The maximum atomic E-state index is 12.7. The number of carbonyl (C=O) groups is 1. The zero-order valence-corrected chi connectivity index (χ0v) is 18.6. The highest BCUT2D eigenvalue weighted by atomic mass is 32.1. The minimum absolute atomic E-state index is 0.427. The maximum absolute atomic E-state index is 12.7. The second kappa shape index (κ2) is 9.02. The van der Waals surface area contributed by atoms with Gasteiger partial charge in [-0.05, 0) is 19.1 Å². The molecular weight excluding hydrogens is 434 g/mol. The van der Waals surface area contributed by atoms with Crippen LogP contribution in [0.5, 0.6) is 17.2 Å². The zero-order chi connectivity index (χ0) is 22.7. The Hall–Kier alpha value is -3.99. The first-order chi connectivity index (χ1) is 15.5. The summed E-state index contributed by atoms with van der Waals surface area (Å²) < 4.78 is 22.9. The number of hydrogen-bond donors (Lipinski definition) is 2. The van der Waals surface area contributed by atoms with Crippen LogP contribution >= 0.6 is 11.3 Å². The van der Waals surface area contributed by atoms with Crippen molar-refractivity contribution in [3.05, 3.63) is 47.7 Å². The van der Waals surface area contributed by atoms with Crippen molar-refractivity contribution in [2.45, 2.75) is 6.92 Å². The number of benzene rings is 1. The number of urea groups is 1. The monoisotopic (exact) mass is 455 g/mol. The Bertz CT molecular complexity index is 1210. The Morgan fingerprint density at radius 3 is 2.47 bits per heavy atom. The van der Waals surface area contributed by atoms with Gasteiger partial charge >= 0.3 is 6.03 Å². The molecule has 166 valence electrons. The van der Waals surface area contributed by atoms with Crippen molar-refractivity contribution < 1.29 is 23.4 Å². The van der Waals surface area contributed by atoms with E-state index in [0.717, 1.165) is 5.69 Å². The number of anilines is 2. The van der Waals surface area contributed by atoms with Gasteiger partial charge in [0, 0.05) is 23.6 Å². The lowest BCUT2D eigenvalue weighted by molar-refractivity contribution is 0.262. The fourth-order valence-electron chi connectivity index (χ4n) is 3.07. The highest BCUT2D eigenvalue weighted by molar-refractivity contribution is 7.12. The van der Waals surface area contributed by atoms with Gasteiger partial charge in [0.05, 0.1) is 39.0 Å². The van der Waals surface area contributed by atoms with Crippen LogP contribution in [0.4, 0.5) is 16.3 Å². The molecule has 1 aromatic carbocycles. The van der Waals surface area contributed by atoms with E-state index in [2.05, 4.69) is 20.7 Å². The molecule has 4 aromatic rings. The van der Waals surface area contributed by atoms with Gasteiger partial charge in [-0.25, -0.2) is 9.78 Å². The number of rotatable bonds is 7. The van der Waals surface area contributed by atoms with Crippen LogP contribution in [0.2, 0.25) is 0 Å². The molecule has 2 N–H and O–H groups in total. The number of hydrogen-bond acceptors (Lipinski definition) is 8. The molecule has 3 heterocycles. The molecule has 3 aromatic heterocycles. The van der Waals surface area contributed by atoms with Gasteiger partial charge in [-0.15, -0.1) is 11.3 Å². The molecule has 0 atom stereocenters. The van der Waals surface area contributed by atoms with Crippen LogP contribution in [0.25, 0.3) is 16.6 Å². The molecule has 4 rings (SSSR count). The normalized spacial score (nSPS) is 10.6. The first-order valence-electron chi connectivity index (χ1n) is 9.46. The summed E-state index contributed by atoms with van der Waals surface area (Å²) in [5.74, 6) is 2.41. The van der Waals surface area contributed by atoms with E-state index < -0.39 is 6.03 Å². The van der Waals surface area contributed by atoms with Gasteiger partial charge in [0.25, 0.3) is 0 Å². The van der Waals surface area contributed by atoms with Gasteiger partial charge in [-0.1, -0.05) is 0 Å². The van der Waals surface area contributed by atoms with E-state index in [1.54, 1.807) is 35.2 Å². The van der Waals surface area contributed by atoms with Crippen LogP contribution in [-0.4, -0.2) is 42.1 Å². The van der Waals surface area contributed by atoms with Crippen LogP contribution in [0.3, 0.4) is 0 Å². The van der Waals surface area contributed by atoms with E-state index >= 15 is 0 Å². The Morgan fingerprint density at radius 1 is 1.09 bits per heavy atom. The SMILES string of the molecule is COc1cc(NC(=O)Nc2cc(C)nn2-c2nc(-c3ccco3)cs2)cc(OC)c1OC. The fourth-order valence-corrected chi connectivity index (χ4v) is 3.84. The number of carbonyl (C=O) groups excluding carboxylic acids is 1. The zero-order valence-electron chi connectivity index (χ0n) is 17.8. The Balaban J connectivity index is 1.55. The molecular formula is C21H21N5O5S. The van der Waals surface area contributed by atoms with Crippen LogP contribution in [0.1, 0.15) is 5.69 Å². The van der Waals surface area contributed by atoms with Crippen molar-refractivity contribution in [2.75, 3.05) is 32.0 Å². The first kappa shape index (κ1) is 21.2. The predicted molar refractivity (Wildman–Crippen MR) is 120 cm³/mol. The number of amides is 2. The standard InChI is InChI=1S/C21H21N5O5S/c1-12-8-18(26(25-12)21-23-14(11-32-21)15-6-5-7-31-15)24-20(27)22-13-9-16(28-2)19(30-4)17(10-13)29-3/h5-11H,1-4H3,(H2,22,24,27). The number of ether oxygens (including phenoxy) is 3. The highest BCUT2D eigenvalue weighted by Crippen LogP contribution is 2.40. The average Bonchev–Trinajstić information content (AvgIpc) is 3.53. The van der Waals surface area contributed by atoms with Crippen molar-refractivity contribution in [3.63, 3.8) is 0 Å². The van der Waals surface area contributed by atoms with Gasteiger partial charge in [0.1, 0.15) is 11.5 Å². The minimum atomic E-state index is -0.469. The van der Waals surface area contributed by atoms with Gasteiger partial charge in [-0.3, -0.25) is 5.32 Å². The maximum Gasteiger partial charge on any atom is 0.324 e.